The molecule has 0 fully saturated rings. The van der Waals surface area contributed by atoms with Gasteiger partial charge in [0.05, 0.1) is 16.9 Å². The zero-order valence-electron chi connectivity index (χ0n) is 11.0. The molecule has 4 heteroatoms. The molecule has 3 nitrogen and oxygen atoms in total. The lowest BCUT2D eigenvalue weighted by molar-refractivity contribution is 0.499. The zero-order chi connectivity index (χ0) is 13.7. The Balaban J connectivity index is 2.10. The van der Waals surface area contributed by atoms with E-state index in [0.29, 0.717) is 4.90 Å². The molecule has 1 aromatic carbocycles. The van der Waals surface area contributed by atoms with Crippen LogP contribution in [0, 0.1) is 0 Å². The maximum atomic E-state index is 12.2. The molecule has 0 bridgehead atoms. The fourth-order valence-corrected chi connectivity index (χ4v) is 3.24. The normalized spacial score (nSPS) is 11.6. The van der Waals surface area contributed by atoms with Crippen LogP contribution in [0.3, 0.4) is 0 Å². The topological polar surface area (TPSA) is 47.3 Å². The molecule has 0 spiro atoms. The minimum absolute atomic E-state index is 0.00730. The highest BCUT2D eigenvalue weighted by Gasteiger charge is 2.16. The third-order valence-corrected chi connectivity index (χ3v) is 4.65. The minimum Gasteiger partial charge on any atom is -0.469 e. The second kappa shape index (κ2) is 6.06. The molecular weight excluding hydrogens is 260 g/mol. The molecule has 0 atom stereocenters. The predicted molar refractivity (Wildman–Crippen MR) is 74.7 cm³/mol. The summed E-state index contributed by atoms with van der Waals surface area (Å²) in [5.41, 5.74) is 0.718. The minimum atomic E-state index is -3.28. The highest BCUT2D eigenvalue weighted by atomic mass is 32.2. The molecule has 0 aliphatic heterocycles. The van der Waals surface area contributed by atoms with Crippen molar-refractivity contribution in [2.75, 3.05) is 0 Å². The summed E-state index contributed by atoms with van der Waals surface area (Å²) in [6.45, 7) is 2.11. The Morgan fingerprint density at radius 1 is 1.16 bits per heavy atom. The fraction of sp³-hybridized carbons (Fsp3) is 0.333. The fourth-order valence-electron chi connectivity index (χ4n) is 1.91. The van der Waals surface area contributed by atoms with Gasteiger partial charge in [-0.3, -0.25) is 0 Å². The van der Waals surface area contributed by atoms with E-state index in [4.69, 9.17) is 4.42 Å². The van der Waals surface area contributed by atoms with Gasteiger partial charge < -0.3 is 4.42 Å². The lowest BCUT2D eigenvalue weighted by atomic mass is 10.2. The summed E-state index contributed by atoms with van der Waals surface area (Å²) in [5.74, 6) is 0.854. The maximum absolute atomic E-state index is 12.2. The number of aryl methyl sites for hydroxylation is 1. The molecule has 2 aromatic rings. The molecule has 1 aromatic heterocycles. The largest absolute Gasteiger partial charge is 0.469 e. The summed E-state index contributed by atoms with van der Waals surface area (Å²) in [6.07, 6.45) is 4.56. The Bertz CT molecular complexity index is 612. The number of sulfone groups is 1. The van der Waals surface area contributed by atoms with Crippen LogP contribution in [-0.4, -0.2) is 8.42 Å². The van der Waals surface area contributed by atoms with E-state index in [2.05, 4.69) is 6.92 Å². The van der Waals surface area contributed by atoms with Gasteiger partial charge in [-0.1, -0.05) is 31.5 Å². The summed E-state index contributed by atoms with van der Waals surface area (Å²) < 4.78 is 29.8. The number of unbranched alkanes of at least 4 members (excludes halogenated alkanes) is 1. The third-order valence-electron chi connectivity index (χ3n) is 2.94. The highest BCUT2D eigenvalue weighted by molar-refractivity contribution is 7.90. The van der Waals surface area contributed by atoms with Gasteiger partial charge >= 0.3 is 0 Å². The van der Waals surface area contributed by atoms with E-state index < -0.39 is 9.84 Å². The average molecular weight is 278 g/mol. The lowest BCUT2D eigenvalue weighted by Gasteiger charge is -2.01. The van der Waals surface area contributed by atoms with E-state index in [9.17, 15) is 8.42 Å². The van der Waals surface area contributed by atoms with Crippen LogP contribution in [-0.2, 0) is 22.0 Å². The monoisotopic (exact) mass is 278 g/mol. The number of hydrogen-bond acceptors (Lipinski definition) is 3. The van der Waals surface area contributed by atoms with Gasteiger partial charge in [0.25, 0.3) is 0 Å². The van der Waals surface area contributed by atoms with Crippen molar-refractivity contribution in [2.24, 2.45) is 0 Å². The van der Waals surface area contributed by atoms with Gasteiger partial charge in [-0.2, -0.15) is 0 Å². The van der Waals surface area contributed by atoms with E-state index in [-0.39, 0.29) is 5.75 Å². The maximum Gasteiger partial charge on any atom is 0.182 e. The second-order valence-electron chi connectivity index (χ2n) is 4.60. The van der Waals surface area contributed by atoms with E-state index in [1.54, 1.807) is 36.6 Å². The third kappa shape index (κ3) is 3.70. The van der Waals surface area contributed by atoms with Crippen molar-refractivity contribution in [1.82, 2.24) is 0 Å². The standard InChI is InChI=1S/C15H18O3S/c1-2-3-7-14-10-13(11-18-14)12-19(16,17)15-8-5-4-6-9-15/h4-6,8-11H,2-3,7,12H2,1H3. The van der Waals surface area contributed by atoms with Gasteiger partial charge in [0, 0.05) is 12.0 Å². The summed E-state index contributed by atoms with van der Waals surface area (Å²) in [7, 11) is -3.28. The highest BCUT2D eigenvalue weighted by Crippen LogP contribution is 2.18. The van der Waals surface area contributed by atoms with Gasteiger partial charge in [0.15, 0.2) is 9.84 Å². The summed E-state index contributed by atoms with van der Waals surface area (Å²) in [5, 5.41) is 0. The van der Waals surface area contributed by atoms with Crippen LogP contribution in [0.2, 0.25) is 0 Å². The van der Waals surface area contributed by atoms with Crippen molar-refractivity contribution < 1.29 is 12.8 Å². The Hall–Kier alpha value is -1.55. The van der Waals surface area contributed by atoms with E-state index in [0.717, 1.165) is 30.6 Å². The van der Waals surface area contributed by atoms with Crippen molar-refractivity contribution in [3.05, 3.63) is 54.0 Å². The molecule has 1 heterocycles. The van der Waals surface area contributed by atoms with Crippen LogP contribution >= 0.6 is 0 Å². The first-order valence-electron chi connectivity index (χ1n) is 6.46. The average Bonchev–Trinajstić information content (AvgIpc) is 2.84. The molecule has 0 N–H and O–H groups in total. The predicted octanol–water partition coefficient (Wildman–Crippen LogP) is 3.60. The van der Waals surface area contributed by atoms with Crippen molar-refractivity contribution >= 4 is 9.84 Å². The molecule has 0 saturated carbocycles. The summed E-state index contributed by atoms with van der Waals surface area (Å²) >= 11 is 0. The van der Waals surface area contributed by atoms with Gasteiger partial charge in [-0.25, -0.2) is 8.42 Å². The van der Waals surface area contributed by atoms with Crippen LogP contribution in [0.4, 0.5) is 0 Å². The van der Waals surface area contributed by atoms with Gasteiger partial charge in [-0.05, 0) is 24.6 Å². The zero-order valence-corrected chi connectivity index (χ0v) is 11.8. The Kier molecular flexibility index (Phi) is 4.43. The second-order valence-corrected chi connectivity index (χ2v) is 6.59. The number of benzene rings is 1. The van der Waals surface area contributed by atoms with Crippen LogP contribution < -0.4 is 0 Å². The first-order valence-corrected chi connectivity index (χ1v) is 8.11. The van der Waals surface area contributed by atoms with Gasteiger partial charge in [0.1, 0.15) is 5.76 Å². The molecule has 0 aliphatic rings. The van der Waals surface area contributed by atoms with Crippen LogP contribution in [0.5, 0.6) is 0 Å². The Morgan fingerprint density at radius 3 is 2.58 bits per heavy atom. The van der Waals surface area contributed by atoms with Crippen LogP contribution in [0.15, 0.2) is 52.0 Å². The molecule has 2 rings (SSSR count). The van der Waals surface area contributed by atoms with Gasteiger partial charge in [0.2, 0.25) is 0 Å². The summed E-state index contributed by atoms with van der Waals surface area (Å²) in [6, 6.07) is 10.3. The van der Waals surface area contributed by atoms with Crippen LogP contribution in [0.1, 0.15) is 31.1 Å². The smallest absolute Gasteiger partial charge is 0.182 e. The first kappa shape index (κ1) is 13.9. The molecule has 102 valence electrons. The number of hydrogen-bond donors (Lipinski definition) is 0. The van der Waals surface area contributed by atoms with Crippen molar-refractivity contribution in [2.45, 2.75) is 36.8 Å². The molecule has 0 aliphatic carbocycles. The van der Waals surface area contributed by atoms with Crippen LogP contribution in [0.25, 0.3) is 0 Å². The van der Waals surface area contributed by atoms with Crippen molar-refractivity contribution in [3.8, 4) is 0 Å². The number of furan rings is 1. The molecule has 0 saturated heterocycles. The lowest BCUT2D eigenvalue weighted by Crippen LogP contribution is -2.03. The van der Waals surface area contributed by atoms with Crippen molar-refractivity contribution in [1.29, 1.82) is 0 Å². The first-order chi connectivity index (χ1) is 9.12. The van der Waals surface area contributed by atoms with E-state index in [1.165, 1.54) is 0 Å². The summed E-state index contributed by atoms with van der Waals surface area (Å²) in [4.78, 5) is 0.353. The molecule has 0 radical (unpaired) electrons. The van der Waals surface area contributed by atoms with Crippen molar-refractivity contribution in [3.63, 3.8) is 0 Å². The SMILES string of the molecule is CCCCc1cc(CS(=O)(=O)c2ccccc2)co1. The van der Waals surface area contributed by atoms with E-state index >= 15 is 0 Å². The molecule has 0 unspecified atom stereocenters. The van der Waals surface area contributed by atoms with Gasteiger partial charge in [-0.15, -0.1) is 0 Å². The van der Waals surface area contributed by atoms with E-state index in [1.807, 2.05) is 6.07 Å². The molecular formula is C15H18O3S. The number of rotatable bonds is 6. The Morgan fingerprint density at radius 2 is 1.89 bits per heavy atom. The molecule has 19 heavy (non-hydrogen) atoms. The quantitative estimate of drug-likeness (QED) is 0.811. The molecule has 0 amide bonds. The Labute approximate surface area is 114 Å².